The molecule has 1 aliphatic heterocycles. The van der Waals surface area contributed by atoms with Crippen LogP contribution in [0.15, 0.2) is 48.5 Å². The van der Waals surface area contributed by atoms with Gasteiger partial charge in [0.2, 0.25) is 15.8 Å². The predicted octanol–water partition coefficient (Wildman–Crippen LogP) is 2.71. The zero-order valence-electron chi connectivity index (χ0n) is 17.2. The van der Waals surface area contributed by atoms with Gasteiger partial charge in [-0.05, 0) is 48.6 Å². The summed E-state index contributed by atoms with van der Waals surface area (Å²) in [5, 5.41) is 7.45. The molecule has 31 heavy (non-hydrogen) atoms. The maximum atomic E-state index is 13.0. The van der Waals surface area contributed by atoms with Crippen LogP contribution >= 0.6 is 0 Å². The Kier molecular flexibility index (Phi) is 4.86. The van der Waals surface area contributed by atoms with Crippen LogP contribution in [0.4, 0.5) is 5.69 Å². The lowest BCUT2D eigenvalue weighted by Gasteiger charge is -2.28. The first-order valence-electron chi connectivity index (χ1n) is 10.3. The predicted molar refractivity (Wildman–Crippen MR) is 117 cm³/mol. The van der Waals surface area contributed by atoms with Gasteiger partial charge in [-0.1, -0.05) is 30.3 Å². The molecule has 1 fully saturated rings. The van der Waals surface area contributed by atoms with Crippen molar-refractivity contribution < 1.29 is 13.2 Å². The third-order valence-electron chi connectivity index (χ3n) is 5.73. The number of nitrogens with one attached hydrogen (secondary N) is 1. The van der Waals surface area contributed by atoms with E-state index >= 15 is 0 Å². The Bertz CT molecular complexity index is 1250. The second kappa shape index (κ2) is 7.58. The molecule has 1 N–H and O–H groups in total. The maximum absolute atomic E-state index is 13.0. The number of carbonyl (C=O) groups excluding carboxylic acids is 1. The lowest BCUT2D eigenvalue weighted by Crippen LogP contribution is -2.35. The number of para-hydroxylation sites is 1. The third kappa shape index (κ3) is 3.98. The number of benzene rings is 2. The first kappa shape index (κ1) is 19.9. The fourth-order valence-electron chi connectivity index (χ4n) is 3.95. The quantitative estimate of drug-likeness (QED) is 0.662. The molecule has 0 bridgehead atoms. The average Bonchev–Trinajstić information content (AvgIpc) is 3.51. The normalized spacial score (nSPS) is 16.7. The number of sulfonamides is 1. The first-order chi connectivity index (χ1) is 14.9. The molecule has 1 amide bonds. The molecule has 9 heteroatoms. The van der Waals surface area contributed by atoms with Crippen LogP contribution in [0.5, 0.6) is 0 Å². The van der Waals surface area contributed by atoms with Gasteiger partial charge in [-0.2, -0.15) is 4.31 Å². The Balaban J connectivity index is 1.42. The summed E-state index contributed by atoms with van der Waals surface area (Å²) >= 11 is 0. The van der Waals surface area contributed by atoms with Crippen molar-refractivity contribution in [3.05, 3.63) is 71.3 Å². The van der Waals surface area contributed by atoms with Crippen LogP contribution in [0.1, 0.15) is 46.3 Å². The molecule has 2 heterocycles. The SMILES string of the molecule is CS(=O)(=O)N1CCc2c(cccc2NC(=O)c2nc(C3CC3)n(-c3ccccc3)n2)C1. The van der Waals surface area contributed by atoms with Gasteiger partial charge in [-0.15, -0.1) is 5.10 Å². The second-order valence-corrected chi connectivity index (χ2v) is 10.0. The fourth-order valence-corrected chi connectivity index (χ4v) is 4.74. The van der Waals surface area contributed by atoms with E-state index in [0.717, 1.165) is 35.5 Å². The lowest BCUT2D eigenvalue weighted by molar-refractivity contribution is 0.101. The lowest BCUT2D eigenvalue weighted by atomic mass is 9.99. The van der Waals surface area contributed by atoms with Gasteiger partial charge in [0.05, 0.1) is 11.9 Å². The topological polar surface area (TPSA) is 97.2 Å². The number of nitrogens with zero attached hydrogens (tertiary/aromatic N) is 4. The molecule has 160 valence electrons. The number of aromatic nitrogens is 3. The van der Waals surface area contributed by atoms with Gasteiger partial charge in [-0.3, -0.25) is 4.79 Å². The van der Waals surface area contributed by atoms with Crippen molar-refractivity contribution in [1.29, 1.82) is 0 Å². The molecular formula is C22H23N5O3S. The number of hydrogen-bond acceptors (Lipinski definition) is 5. The standard InChI is InChI=1S/C22H23N5O3S/c1-31(29,30)26-13-12-18-16(14-26)6-5-9-19(18)23-22(28)20-24-21(15-10-11-15)27(25-20)17-7-3-2-4-8-17/h2-9,15H,10-14H2,1H3,(H,23,28). The number of rotatable bonds is 5. The van der Waals surface area contributed by atoms with Gasteiger partial charge in [0, 0.05) is 24.7 Å². The van der Waals surface area contributed by atoms with Gasteiger partial charge in [-0.25, -0.2) is 18.1 Å². The van der Waals surface area contributed by atoms with Crippen molar-refractivity contribution in [2.75, 3.05) is 18.1 Å². The summed E-state index contributed by atoms with van der Waals surface area (Å²) in [5.74, 6) is 0.920. The minimum Gasteiger partial charge on any atom is -0.319 e. The summed E-state index contributed by atoms with van der Waals surface area (Å²) in [6.07, 6.45) is 3.86. The zero-order valence-corrected chi connectivity index (χ0v) is 18.0. The van der Waals surface area contributed by atoms with Gasteiger partial charge in [0.1, 0.15) is 5.82 Å². The highest BCUT2D eigenvalue weighted by molar-refractivity contribution is 7.88. The zero-order chi connectivity index (χ0) is 21.6. The monoisotopic (exact) mass is 437 g/mol. The van der Waals surface area contributed by atoms with E-state index in [4.69, 9.17) is 0 Å². The summed E-state index contributed by atoms with van der Waals surface area (Å²) in [4.78, 5) is 17.6. The maximum Gasteiger partial charge on any atom is 0.295 e. The molecule has 0 unspecified atom stereocenters. The van der Waals surface area contributed by atoms with Crippen LogP contribution in [0.3, 0.4) is 0 Å². The van der Waals surface area contributed by atoms with E-state index in [2.05, 4.69) is 15.4 Å². The van der Waals surface area contributed by atoms with Gasteiger partial charge < -0.3 is 5.32 Å². The number of hydrogen-bond donors (Lipinski definition) is 1. The average molecular weight is 438 g/mol. The number of fused-ring (bicyclic) bond motifs is 1. The van der Waals surface area contributed by atoms with E-state index in [9.17, 15) is 13.2 Å². The third-order valence-corrected chi connectivity index (χ3v) is 6.98. The Labute approximate surface area is 181 Å². The second-order valence-electron chi connectivity index (χ2n) is 8.06. The smallest absolute Gasteiger partial charge is 0.295 e. The molecule has 1 saturated carbocycles. The molecule has 0 atom stereocenters. The van der Waals surface area contributed by atoms with E-state index in [1.807, 2.05) is 48.5 Å². The highest BCUT2D eigenvalue weighted by Gasteiger charge is 2.32. The Morgan fingerprint density at radius 2 is 1.87 bits per heavy atom. The Morgan fingerprint density at radius 1 is 1.10 bits per heavy atom. The Hall–Kier alpha value is -3.04. The van der Waals surface area contributed by atoms with Gasteiger partial charge in [0.15, 0.2) is 0 Å². The van der Waals surface area contributed by atoms with Crippen LogP contribution in [0, 0.1) is 0 Å². The summed E-state index contributed by atoms with van der Waals surface area (Å²) in [6.45, 7) is 0.704. The highest BCUT2D eigenvalue weighted by atomic mass is 32.2. The molecule has 0 saturated heterocycles. The highest BCUT2D eigenvalue weighted by Crippen LogP contribution is 2.39. The first-order valence-corrected chi connectivity index (χ1v) is 12.1. The van der Waals surface area contributed by atoms with Crippen molar-refractivity contribution in [2.45, 2.75) is 31.7 Å². The van der Waals surface area contributed by atoms with Gasteiger partial charge >= 0.3 is 0 Å². The number of amides is 1. The Morgan fingerprint density at radius 3 is 2.58 bits per heavy atom. The van der Waals surface area contributed by atoms with Crippen LogP contribution in [0.25, 0.3) is 5.69 Å². The van der Waals surface area contributed by atoms with Gasteiger partial charge in [0.25, 0.3) is 5.91 Å². The minimum absolute atomic E-state index is 0.136. The van der Waals surface area contributed by atoms with E-state index in [-0.39, 0.29) is 11.7 Å². The number of carbonyl (C=O) groups is 1. The summed E-state index contributed by atoms with van der Waals surface area (Å²) in [6, 6.07) is 15.3. The van der Waals surface area contributed by atoms with Crippen molar-refractivity contribution in [3.63, 3.8) is 0 Å². The van der Waals surface area contributed by atoms with Crippen LogP contribution in [-0.4, -0.2) is 46.2 Å². The van der Waals surface area contributed by atoms with Crippen molar-refractivity contribution in [2.24, 2.45) is 0 Å². The molecular weight excluding hydrogens is 414 g/mol. The molecule has 3 aromatic rings. The number of anilines is 1. The van der Waals surface area contributed by atoms with Crippen molar-refractivity contribution >= 4 is 21.6 Å². The molecule has 0 spiro atoms. The fraction of sp³-hybridized carbons (Fsp3) is 0.318. The van der Waals surface area contributed by atoms with E-state index < -0.39 is 10.0 Å². The molecule has 0 radical (unpaired) electrons. The largest absolute Gasteiger partial charge is 0.319 e. The summed E-state index contributed by atoms with van der Waals surface area (Å²) < 4.78 is 27.0. The molecule has 5 rings (SSSR count). The molecule has 2 aliphatic rings. The molecule has 2 aromatic carbocycles. The van der Waals surface area contributed by atoms with Crippen LogP contribution < -0.4 is 5.32 Å². The summed E-state index contributed by atoms with van der Waals surface area (Å²) in [7, 11) is -3.25. The van der Waals surface area contributed by atoms with E-state index in [0.29, 0.717) is 31.1 Å². The van der Waals surface area contributed by atoms with Crippen LogP contribution in [-0.2, 0) is 23.0 Å². The van der Waals surface area contributed by atoms with Crippen molar-refractivity contribution in [1.82, 2.24) is 19.1 Å². The van der Waals surface area contributed by atoms with E-state index in [1.54, 1.807) is 4.68 Å². The minimum atomic E-state index is -3.25. The van der Waals surface area contributed by atoms with E-state index in [1.165, 1.54) is 10.6 Å². The molecule has 1 aromatic heterocycles. The van der Waals surface area contributed by atoms with Crippen LogP contribution in [0.2, 0.25) is 0 Å². The van der Waals surface area contributed by atoms with Crippen molar-refractivity contribution in [3.8, 4) is 5.69 Å². The molecule has 1 aliphatic carbocycles. The molecule has 8 nitrogen and oxygen atoms in total. The summed E-state index contributed by atoms with van der Waals surface area (Å²) in [5.41, 5.74) is 3.42.